The Kier molecular flexibility index (Phi) is 3.85. The molecule has 0 aliphatic carbocycles. The fourth-order valence-corrected chi connectivity index (χ4v) is 2.86. The Morgan fingerprint density at radius 1 is 1.53 bits per heavy atom. The van der Waals surface area contributed by atoms with Crippen LogP contribution in [0, 0.1) is 6.92 Å². The third-order valence-electron chi connectivity index (χ3n) is 2.82. The number of carbonyl (C=O) groups is 1. The smallest absolute Gasteiger partial charge is 0.263 e. The summed E-state index contributed by atoms with van der Waals surface area (Å²) in [4.78, 5) is 17.7. The summed E-state index contributed by atoms with van der Waals surface area (Å²) in [5.41, 5.74) is 8.81. The first-order valence-corrected chi connectivity index (χ1v) is 6.87. The molecule has 4 nitrogen and oxygen atoms in total. The van der Waals surface area contributed by atoms with Crippen LogP contribution in [0.2, 0.25) is 0 Å². The summed E-state index contributed by atoms with van der Waals surface area (Å²) in [5, 5.41) is 3.73. The largest absolute Gasteiger partial charge is 0.397 e. The molecule has 3 N–H and O–H groups in total. The summed E-state index contributed by atoms with van der Waals surface area (Å²) in [6.07, 6.45) is 3.70. The highest BCUT2D eigenvalue weighted by molar-refractivity contribution is 7.21. The predicted molar refractivity (Wildman–Crippen MR) is 80.5 cm³/mol. The lowest BCUT2D eigenvalue weighted by molar-refractivity contribution is 0.0963. The average Bonchev–Trinajstić information content (AvgIpc) is 2.67. The third-order valence-corrected chi connectivity index (χ3v) is 3.93. The highest BCUT2D eigenvalue weighted by Gasteiger charge is 2.17. The predicted octanol–water partition coefficient (Wildman–Crippen LogP) is 2.88. The maximum atomic E-state index is 12.1. The summed E-state index contributed by atoms with van der Waals surface area (Å²) in [5.74, 6) is -0.141. The number of thiophene rings is 1. The first-order valence-electron chi connectivity index (χ1n) is 6.06. The number of amides is 1. The van der Waals surface area contributed by atoms with E-state index in [-0.39, 0.29) is 5.91 Å². The minimum absolute atomic E-state index is 0.141. The van der Waals surface area contributed by atoms with Gasteiger partial charge in [0.1, 0.15) is 9.71 Å². The van der Waals surface area contributed by atoms with Crippen LogP contribution in [0.15, 0.2) is 23.9 Å². The molecule has 19 heavy (non-hydrogen) atoms. The van der Waals surface area contributed by atoms with Crippen molar-refractivity contribution in [1.82, 2.24) is 10.3 Å². The number of nitrogens with two attached hydrogens (primary N) is 1. The fourth-order valence-electron chi connectivity index (χ4n) is 1.80. The van der Waals surface area contributed by atoms with Crippen LogP contribution in [-0.4, -0.2) is 17.4 Å². The van der Waals surface area contributed by atoms with E-state index >= 15 is 0 Å². The molecule has 0 saturated heterocycles. The molecule has 0 atom stereocenters. The molecular weight excluding hydrogens is 258 g/mol. The van der Waals surface area contributed by atoms with Gasteiger partial charge >= 0.3 is 0 Å². The standard InChI is InChI=1S/C14H17N3OS/c1-8(2)4-6-16-13(18)12-11(15)10-9(3)5-7-17-14(10)19-12/h4-5,7H,6,15H2,1-3H3,(H,16,18). The van der Waals surface area contributed by atoms with E-state index in [1.54, 1.807) is 6.20 Å². The van der Waals surface area contributed by atoms with Gasteiger partial charge in [0.2, 0.25) is 0 Å². The van der Waals surface area contributed by atoms with Gasteiger partial charge in [0.15, 0.2) is 0 Å². The molecular formula is C14H17N3OS. The number of nitrogen functional groups attached to an aromatic ring is 1. The molecule has 2 aromatic rings. The molecule has 2 rings (SSSR count). The van der Waals surface area contributed by atoms with Crippen LogP contribution in [0.25, 0.3) is 10.2 Å². The van der Waals surface area contributed by atoms with Crippen molar-refractivity contribution in [2.24, 2.45) is 0 Å². The third kappa shape index (κ3) is 2.76. The van der Waals surface area contributed by atoms with Gasteiger partial charge in [0.25, 0.3) is 5.91 Å². The summed E-state index contributed by atoms with van der Waals surface area (Å²) in [7, 11) is 0. The van der Waals surface area contributed by atoms with Gasteiger partial charge in [-0.1, -0.05) is 11.6 Å². The number of nitrogens with one attached hydrogen (secondary N) is 1. The Hall–Kier alpha value is -1.88. The maximum Gasteiger partial charge on any atom is 0.263 e. The molecule has 0 aliphatic heterocycles. The topological polar surface area (TPSA) is 68.0 Å². The van der Waals surface area contributed by atoms with Gasteiger partial charge in [-0.25, -0.2) is 4.98 Å². The highest BCUT2D eigenvalue weighted by atomic mass is 32.1. The van der Waals surface area contributed by atoms with E-state index in [1.165, 1.54) is 16.9 Å². The van der Waals surface area contributed by atoms with Gasteiger partial charge in [0, 0.05) is 18.1 Å². The summed E-state index contributed by atoms with van der Waals surface area (Å²) < 4.78 is 0. The highest BCUT2D eigenvalue weighted by Crippen LogP contribution is 2.34. The number of nitrogens with zero attached hydrogens (tertiary/aromatic N) is 1. The zero-order valence-electron chi connectivity index (χ0n) is 11.3. The lowest BCUT2D eigenvalue weighted by Gasteiger charge is -2.01. The van der Waals surface area contributed by atoms with Gasteiger partial charge in [-0.3, -0.25) is 4.79 Å². The Morgan fingerprint density at radius 2 is 2.26 bits per heavy atom. The molecule has 0 fully saturated rings. The van der Waals surface area contributed by atoms with Crippen molar-refractivity contribution in [3.05, 3.63) is 34.4 Å². The SMILES string of the molecule is CC(C)=CCNC(=O)c1sc2nccc(C)c2c1N. The molecule has 2 heterocycles. The number of fused-ring (bicyclic) bond motifs is 1. The first-order chi connectivity index (χ1) is 9.00. The van der Waals surface area contributed by atoms with E-state index in [1.807, 2.05) is 32.9 Å². The molecule has 0 bridgehead atoms. The second-order valence-electron chi connectivity index (χ2n) is 4.64. The maximum absolute atomic E-state index is 12.1. The minimum atomic E-state index is -0.141. The van der Waals surface area contributed by atoms with E-state index in [0.29, 0.717) is 17.1 Å². The normalized spacial score (nSPS) is 10.5. The second-order valence-corrected chi connectivity index (χ2v) is 5.64. The Labute approximate surface area is 116 Å². The monoisotopic (exact) mass is 275 g/mol. The molecule has 2 aromatic heterocycles. The summed E-state index contributed by atoms with van der Waals surface area (Å²) >= 11 is 1.34. The van der Waals surface area contributed by atoms with Crippen molar-refractivity contribution in [1.29, 1.82) is 0 Å². The zero-order valence-corrected chi connectivity index (χ0v) is 12.1. The lowest BCUT2D eigenvalue weighted by atomic mass is 10.2. The van der Waals surface area contributed by atoms with E-state index < -0.39 is 0 Å². The van der Waals surface area contributed by atoms with Crippen molar-refractivity contribution in [2.75, 3.05) is 12.3 Å². The molecule has 0 radical (unpaired) electrons. The average molecular weight is 275 g/mol. The van der Waals surface area contributed by atoms with E-state index in [4.69, 9.17) is 5.73 Å². The van der Waals surface area contributed by atoms with Crippen molar-refractivity contribution >= 4 is 33.1 Å². The van der Waals surface area contributed by atoms with Crippen molar-refractivity contribution < 1.29 is 4.79 Å². The van der Waals surface area contributed by atoms with Crippen LogP contribution in [0.1, 0.15) is 29.1 Å². The molecule has 0 aliphatic rings. The summed E-state index contributed by atoms with van der Waals surface area (Å²) in [6.45, 7) is 6.47. The van der Waals surface area contributed by atoms with Crippen LogP contribution in [0.3, 0.4) is 0 Å². The molecule has 100 valence electrons. The van der Waals surface area contributed by atoms with Crippen LogP contribution in [0.4, 0.5) is 5.69 Å². The molecule has 0 saturated carbocycles. The first kappa shape index (κ1) is 13.5. The van der Waals surface area contributed by atoms with Crippen LogP contribution in [0.5, 0.6) is 0 Å². The van der Waals surface area contributed by atoms with Gasteiger partial charge in [-0.2, -0.15) is 0 Å². The van der Waals surface area contributed by atoms with Crippen LogP contribution >= 0.6 is 11.3 Å². The van der Waals surface area contributed by atoms with E-state index in [2.05, 4.69) is 10.3 Å². The molecule has 0 unspecified atom stereocenters. The summed E-state index contributed by atoms with van der Waals surface area (Å²) in [6, 6.07) is 1.90. The molecule has 0 spiro atoms. The number of carbonyl (C=O) groups excluding carboxylic acids is 1. The van der Waals surface area contributed by atoms with Gasteiger partial charge < -0.3 is 11.1 Å². The van der Waals surface area contributed by atoms with E-state index in [0.717, 1.165) is 15.8 Å². The fraction of sp³-hybridized carbons (Fsp3) is 0.286. The van der Waals surface area contributed by atoms with Crippen molar-refractivity contribution in [2.45, 2.75) is 20.8 Å². The number of hydrogen-bond acceptors (Lipinski definition) is 4. The molecule has 1 amide bonds. The van der Waals surface area contributed by atoms with Gasteiger partial charge in [-0.05, 0) is 32.4 Å². The number of pyridine rings is 1. The minimum Gasteiger partial charge on any atom is -0.397 e. The number of anilines is 1. The van der Waals surface area contributed by atoms with Crippen molar-refractivity contribution in [3.63, 3.8) is 0 Å². The number of aromatic nitrogens is 1. The Bertz CT molecular complexity index is 654. The second kappa shape index (κ2) is 5.40. The molecule has 0 aromatic carbocycles. The zero-order chi connectivity index (χ0) is 14.0. The molecule has 5 heteroatoms. The van der Waals surface area contributed by atoms with Gasteiger partial charge in [0.05, 0.1) is 5.69 Å². The Balaban J connectivity index is 2.30. The van der Waals surface area contributed by atoms with Gasteiger partial charge in [-0.15, -0.1) is 11.3 Å². The number of hydrogen-bond donors (Lipinski definition) is 2. The van der Waals surface area contributed by atoms with Crippen LogP contribution < -0.4 is 11.1 Å². The van der Waals surface area contributed by atoms with E-state index in [9.17, 15) is 4.79 Å². The lowest BCUT2D eigenvalue weighted by Crippen LogP contribution is -2.23. The van der Waals surface area contributed by atoms with Crippen LogP contribution in [-0.2, 0) is 0 Å². The number of aryl methyl sites for hydroxylation is 1. The van der Waals surface area contributed by atoms with Crippen molar-refractivity contribution in [3.8, 4) is 0 Å². The Morgan fingerprint density at radius 3 is 2.89 bits per heavy atom. The number of rotatable bonds is 3. The number of allylic oxidation sites excluding steroid dienone is 1. The quantitative estimate of drug-likeness (QED) is 0.846.